The summed E-state index contributed by atoms with van der Waals surface area (Å²) in [7, 11) is 0. The zero-order valence-corrected chi connectivity index (χ0v) is 12.9. The number of hydrogen-bond acceptors (Lipinski definition) is 3. The predicted octanol–water partition coefficient (Wildman–Crippen LogP) is 3.22. The third-order valence-corrected chi connectivity index (χ3v) is 4.73. The molecule has 4 heteroatoms. The Morgan fingerprint density at radius 1 is 1.00 bits per heavy atom. The van der Waals surface area contributed by atoms with E-state index in [1.54, 1.807) is 6.08 Å². The van der Waals surface area contributed by atoms with Crippen LogP contribution < -0.4 is 4.90 Å². The van der Waals surface area contributed by atoms with Crippen molar-refractivity contribution >= 4 is 28.3 Å². The molecular formula is C19H18N2O2. The van der Waals surface area contributed by atoms with Crippen LogP contribution in [0.5, 0.6) is 0 Å². The van der Waals surface area contributed by atoms with Crippen LogP contribution in [0.15, 0.2) is 43.0 Å². The monoisotopic (exact) mass is 306 g/mol. The smallest absolute Gasteiger partial charge is 0.261 e. The molecule has 116 valence electrons. The summed E-state index contributed by atoms with van der Waals surface area (Å²) in [5.74, 6) is -0.460. The van der Waals surface area contributed by atoms with E-state index >= 15 is 0 Å². The summed E-state index contributed by atoms with van der Waals surface area (Å²) in [6, 6.07) is 9.61. The summed E-state index contributed by atoms with van der Waals surface area (Å²) in [5, 5.41) is 1.80. The Labute approximate surface area is 135 Å². The maximum absolute atomic E-state index is 12.7. The lowest BCUT2D eigenvalue weighted by Crippen LogP contribution is -2.40. The van der Waals surface area contributed by atoms with Gasteiger partial charge in [0.25, 0.3) is 11.8 Å². The van der Waals surface area contributed by atoms with Crippen molar-refractivity contribution in [1.29, 1.82) is 0 Å². The van der Waals surface area contributed by atoms with Crippen molar-refractivity contribution in [3.63, 3.8) is 0 Å². The van der Waals surface area contributed by atoms with Crippen molar-refractivity contribution in [2.24, 2.45) is 0 Å². The van der Waals surface area contributed by atoms with Gasteiger partial charge in [-0.2, -0.15) is 0 Å². The highest BCUT2D eigenvalue weighted by Gasteiger charge is 2.33. The third kappa shape index (κ3) is 1.98. The van der Waals surface area contributed by atoms with E-state index < -0.39 is 0 Å². The molecule has 0 spiro atoms. The minimum atomic E-state index is -0.230. The minimum Gasteiger partial charge on any atom is -0.371 e. The first-order valence-electron chi connectivity index (χ1n) is 8.00. The van der Waals surface area contributed by atoms with Gasteiger partial charge in [-0.25, -0.2) is 0 Å². The number of amides is 2. The Balaban J connectivity index is 1.96. The standard InChI is InChI=1S/C19H18N2O2/c1-2-10-21-18(22)14-7-5-6-13-16(20-11-3-4-12-20)9-8-15(17(13)14)19(21)23/h2,5-9H,1,3-4,10-12H2. The van der Waals surface area contributed by atoms with Crippen LogP contribution in [-0.2, 0) is 0 Å². The van der Waals surface area contributed by atoms with E-state index in [4.69, 9.17) is 0 Å². The molecule has 0 aliphatic carbocycles. The SMILES string of the molecule is C=CCN1C(=O)c2cccc3c(N4CCCC4)ccc(c23)C1=O. The highest BCUT2D eigenvalue weighted by Crippen LogP contribution is 2.36. The zero-order chi connectivity index (χ0) is 16.0. The van der Waals surface area contributed by atoms with Crippen LogP contribution >= 0.6 is 0 Å². The molecule has 0 bridgehead atoms. The van der Waals surface area contributed by atoms with Crippen molar-refractivity contribution in [3.05, 3.63) is 54.1 Å². The fraction of sp³-hybridized carbons (Fsp3) is 0.263. The normalized spacial score (nSPS) is 17.2. The van der Waals surface area contributed by atoms with Crippen molar-refractivity contribution in [3.8, 4) is 0 Å². The first-order valence-corrected chi connectivity index (χ1v) is 8.00. The van der Waals surface area contributed by atoms with Gasteiger partial charge >= 0.3 is 0 Å². The Morgan fingerprint density at radius 2 is 1.70 bits per heavy atom. The fourth-order valence-electron chi connectivity index (χ4n) is 3.66. The molecule has 4 nitrogen and oxygen atoms in total. The Bertz CT molecular complexity index is 812. The maximum Gasteiger partial charge on any atom is 0.261 e. The molecule has 0 N–H and O–H groups in total. The average molecular weight is 306 g/mol. The highest BCUT2D eigenvalue weighted by atomic mass is 16.2. The number of rotatable bonds is 3. The predicted molar refractivity (Wildman–Crippen MR) is 91.0 cm³/mol. The van der Waals surface area contributed by atoms with Crippen LogP contribution in [-0.4, -0.2) is 36.3 Å². The van der Waals surface area contributed by atoms with Crippen LogP contribution in [0.1, 0.15) is 33.6 Å². The molecule has 1 saturated heterocycles. The Hall–Kier alpha value is -2.62. The summed E-state index contributed by atoms with van der Waals surface area (Å²) in [5.41, 5.74) is 2.35. The Morgan fingerprint density at radius 3 is 2.39 bits per heavy atom. The molecule has 23 heavy (non-hydrogen) atoms. The van der Waals surface area contributed by atoms with Gasteiger partial charge in [0.05, 0.1) is 0 Å². The van der Waals surface area contributed by atoms with Crippen molar-refractivity contribution in [2.75, 3.05) is 24.5 Å². The van der Waals surface area contributed by atoms with E-state index in [1.165, 1.54) is 17.7 Å². The molecule has 0 radical (unpaired) electrons. The van der Waals surface area contributed by atoms with E-state index in [1.807, 2.05) is 30.3 Å². The molecule has 2 aromatic rings. The van der Waals surface area contributed by atoms with Gasteiger partial charge < -0.3 is 4.90 Å². The summed E-state index contributed by atoms with van der Waals surface area (Å²) in [6.45, 7) is 5.94. The number of imide groups is 1. The molecule has 2 heterocycles. The van der Waals surface area contributed by atoms with Crippen LogP contribution in [0, 0.1) is 0 Å². The van der Waals surface area contributed by atoms with Gasteiger partial charge in [0.2, 0.25) is 0 Å². The second-order valence-electron chi connectivity index (χ2n) is 6.06. The molecule has 0 unspecified atom stereocenters. The maximum atomic E-state index is 12.7. The van der Waals surface area contributed by atoms with Gasteiger partial charge in [0.1, 0.15) is 0 Å². The number of carbonyl (C=O) groups excluding carboxylic acids is 2. The van der Waals surface area contributed by atoms with Crippen LogP contribution in [0.25, 0.3) is 10.8 Å². The number of carbonyl (C=O) groups is 2. The van der Waals surface area contributed by atoms with Crippen molar-refractivity contribution in [1.82, 2.24) is 4.90 Å². The lowest BCUT2D eigenvalue weighted by atomic mass is 9.92. The highest BCUT2D eigenvalue weighted by molar-refractivity contribution is 6.26. The minimum absolute atomic E-state index is 0.230. The van der Waals surface area contributed by atoms with Gasteiger partial charge in [0, 0.05) is 47.2 Å². The largest absolute Gasteiger partial charge is 0.371 e. The van der Waals surface area contributed by atoms with Crippen LogP contribution in [0.2, 0.25) is 0 Å². The molecule has 0 aromatic heterocycles. The molecule has 1 fully saturated rings. The van der Waals surface area contributed by atoms with Gasteiger partial charge in [-0.15, -0.1) is 6.58 Å². The molecule has 2 amide bonds. The second-order valence-corrected chi connectivity index (χ2v) is 6.06. The van der Waals surface area contributed by atoms with E-state index in [0.29, 0.717) is 11.1 Å². The number of nitrogens with zero attached hydrogens (tertiary/aromatic N) is 2. The van der Waals surface area contributed by atoms with Crippen molar-refractivity contribution < 1.29 is 9.59 Å². The summed E-state index contributed by atoms with van der Waals surface area (Å²) in [4.78, 5) is 29.0. The summed E-state index contributed by atoms with van der Waals surface area (Å²) < 4.78 is 0. The zero-order valence-electron chi connectivity index (χ0n) is 12.9. The molecule has 0 atom stereocenters. The van der Waals surface area contributed by atoms with Crippen LogP contribution in [0.3, 0.4) is 0 Å². The first-order chi connectivity index (χ1) is 11.2. The summed E-state index contributed by atoms with van der Waals surface area (Å²) >= 11 is 0. The number of benzene rings is 2. The number of anilines is 1. The van der Waals surface area contributed by atoms with Crippen molar-refractivity contribution in [2.45, 2.75) is 12.8 Å². The quantitative estimate of drug-likeness (QED) is 0.646. The molecule has 4 rings (SSSR count). The topological polar surface area (TPSA) is 40.6 Å². The molecular weight excluding hydrogens is 288 g/mol. The van der Waals surface area contributed by atoms with E-state index in [0.717, 1.165) is 29.5 Å². The van der Waals surface area contributed by atoms with Gasteiger partial charge in [-0.3, -0.25) is 14.5 Å². The van der Waals surface area contributed by atoms with Crippen LogP contribution in [0.4, 0.5) is 5.69 Å². The summed E-state index contributed by atoms with van der Waals surface area (Å²) in [6.07, 6.45) is 3.96. The van der Waals surface area contributed by atoms with Gasteiger partial charge in [-0.1, -0.05) is 18.2 Å². The molecule has 0 saturated carbocycles. The van der Waals surface area contributed by atoms with Gasteiger partial charge in [-0.05, 0) is 31.0 Å². The molecule has 2 aliphatic rings. The lowest BCUT2D eigenvalue weighted by Gasteiger charge is -2.28. The fourth-order valence-corrected chi connectivity index (χ4v) is 3.66. The van der Waals surface area contributed by atoms with E-state index in [9.17, 15) is 9.59 Å². The third-order valence-electron chi connectivity index (χ3n) is 4.73. The van der Waals surface area contributed by atoms with Gasteiger partial charge in [0.15, 0.2) is 0 Å². The lowest BCUT2D eigenvalue weighted by molar-refractivity contribution is 0.0629. The number of hydrogen-bond donors (Lipinski definition) is 0. The van der Waals surface area contributed by atoms with E-state index in [2.05, 4.69) is 11.5 Å². The molecule has 2 aliphatic heterocycles. The average Bonchev–Trinajstić information content (AvgIpc) is 3.10. The van der Waals surface area contributed by atoms with E-state index in [-0.39, 0.29) is 18.4 Å². The second kappa shape index (κ2) is 5.23. The Kier molecular flexibility index (Phi) is 3.18. The molecule has 2 aromatic carbocycles. The first kappa shape index (κ1) is 14.0.